The number of hydrogen-bond acceptors (Lipinski definition) is 3. The molecule has 0 radical (unpaired) electrons. The zero-order chi connectivity index (χ0) is 12.5. The summed E-state index contributed by atoms with van der Waals surface area (Å²) in [5.74, 6) is 0.313. The second kappa shape index (κ2) is 3.26. The number of nitrogens with one attached hydrogen (secondary N) is 1. The normalized spacial score (nSPS) is 38.1. The predicted molar refractivity (Wildman–Crippen MR) is 67.2 cm³/mol. The first kappa shape index (κ1) is 10.8. The Morgan fingerprint density at radius 2 is 2.06 bits per heavy atom. The van der Waals surface area contributed by atoms with E-state index < -0.39 is 5.60 Å². The van der Waals surface area contributed by atoms with E-state index in [1.807, 2.05) is 12.1 Å². The van der Waals surface area contributed by atoms with Gasteiger partial charge in [0, 0.05) is 22.2 Å². The van der Waals surface area contributed by atoms with Gasteiger partial charge in [-0.15, -0.1) is 0 Å². The Kier molecular flexibility index (Phi) is 1.95. The van der Waals surface area contributed by atoms with Gasteiger partial charge in [-0.25, -0.2) is 0 Å². The SMILES string of the molecule is OC1C[C@@H]2[C@H](C1)[C@]2(O)c1cc(Cl)cc2[nH]ncc12. The van der Waals surface area contributed by atoms with Crippen molar-refractivity contribution in [1.82, 2.24) is 10.2 Å². The van der Waals surface area contributed by atoms with E-state index in [9.17, 15) is 10.2 Å². The van der Waals surface area contributed by atoms with E-state index in [0.717, 1.165) is 16.5 Å². The summed E-state index contributed by atoms with van der Waals surface area (Å²) in [4.78, 5) is 0. The zero-order valence-corrected chi connectivity index (χ0v) is 10.4. The van der Waals surface area contributed by atoms with Crippen LogP contribution in [0.5, 0.6) is 0 Å². The van der Waals surface area contributed by atoms with Crippen molar-refractivity contribution in [2.24, 2.45) is 11.8 Å². The molecule has 2 aliphatic carbocycles. The lowest BCUT2D eigenvalue weighted by Crippen LogP contribution is -2.19. The van der Waals surface area contributed by atoms with Crippen LogP contribution >= 0.6 is 11.6 Å². The number of nitrogens with zero attached hydrogens (tertiary/aromatic N) is 1. The molecule has 5 heteroatoms. The number of aliphatic hydroxyl groups excluding tert-OH is 1. The summed E-state index contributed by atoms with van der Waals surface area (Å²) in [6.07, 6.45) is 2.81. The molecular weight excluding hydrogens is 252 g/mol. The molecular formula is C13H13ClN2O2. The van der Waals surface area contributed by atoms with Gasteiger partial charge in [0.25, 0.3) is 0 Å². The van der Waals surface area contributed by atoms with Crippen molar-refractivity contribution in [3.63, 3.8) is 0 Å². The van der Waals surface area contributed by atoms with Crippen molar-refractivity contribution in [3.05, 3.63) is 28.9 Å². The average Bonchev–Trinajstić information content (AvgIpc) is 2.78. The van der Waals surface area contributed by atoms with Gasteiger partial charge in [0.1, 0.15) is 0 Å². The molecule has 0 aliphatic heterocycles. The Bertz CT molecular complexity index is 627. The van der Waals surface area contributed by atoms with Gasteiger partial charge in [-0.05, 0) is 30.5 Å². The molecule has 4 nitrogen and oxygen atoms in total. The number of hydrogen-bond donors (Lipinski definition) is 3. The van der Waals surface area contributed by atoms with E-state index in [2.05, 4.69) is 10.2 Å². The summed E-state index contributed by atoms with van der Waals surface area (Å²) >= 11 is 6.09. The van der Waals surface area contributed by atoms with Crippen molar-refractivity contribution >= 4 is 22.5 Å². The highest BCUT2D eigenvalue weighted by atomic mass is 35.5. The van der Waals surface area contributed by atoms with Crippen molar-refractivity contribution < 1.29 is 10.2 Å². The molecule has 2 aromatic rings. The van der Waals surface area contributed by atoms with Crippen LogP contribution in [0.2, 0.25) is 5.02 Å². The van der Waals surface area contributed by atoms with Gasteiger partial charge < -0.3 is 10.2 Å². The van der Waals surface area contributed by atoms with E-state index in [4.69, 9.17) is 11.6 Å². The second-order valence-corrected chi connectivity index (χ2v) is 5.88. The van der Waals surface area contributed by atoms with Crippen LogP contribution in [-0.2, 0) is 5.60 Å². The van der Waals surface area contributed by atoms with Crippen LogP contribution in [0.15, 0.2) is 18.3 Å². The van der Waals surface area contributed by atoms with Crippen molar-refractivity contribution in [1.29, 1.82) is 0 Å². The van der Waals surface area contributed by atoms with Crippen LogP contribution in [0.1, 0.15) is 18.4 Å². The van der Waals surface area contributed by atoms with Crippen LogP contribution in [0.3, 0.4) is 0 Å². The molecule has 0 spiro atoms. The van der Waals surface area contributed by atoms with Gasteiger partial charge in [-0.2, -0.15) is 5.10 Å². The maximum absolute atomic E-state index is 10.8. The number of aromatic amines is 1. The molecule has 1 unspecified atom stereocenters. The Morgan fingerprint density at radius 1 is 1.33 bits per heavy atom. The monoisotopic (exact) mass is 264 g/mol. The van der Waals surface area contributed by atoms with Gasteiger partial charge >= 0.3 is 0 Å². The fourth-order valence-electron chi connectivity index (χ4n) is 3.64. The number of aliphatic hydroxyl groups is 2. The summed E-state index contributed by atoms with van der Waals surface area (Å²) in [5.41, 5.74) is 0.865. The van der Waals surface area contributed by atoms with Gasteiger partial charge in [-0.3, -0.25) is 5.10 Å². The van der Waals surface area contributed by atoms with Gasteiger partial charge in [0.15, 0.2) is 0 Å². The molecule has 1 aromatic heterocycles. The van der Waals surface area contributed by atoms with E-state index in [1.54, 1.807) is 6.20 Å². The first-order chi connectivity index (χ1) is 8.60. The Hall–Kier alpha value is -1.10. The minimum absolute atomic E-state index is 0.157. The summed E-state index contributed by atoms with van der Waals surface area (Å²) in [6.45, 7) is 0. The number of rotatable bonds is 1. The quantitative estimate of drug-likeness (QED) is 0.736. The number of H-pyrrole nitrogens is 1. The summed E-state index contributed by atoms with van der Waals surface area (Å²) in [6, 6.07) is 3.63. The molecule has 0 saturated heterocycles. The molecule has 4 atom stereocenters. The number of fused-ring (bicyclic) bond motifs is 2. The van der Waals surface area contributed by atoms with Crippen molar-refractivity contribution in [2.75, 3.05) is 0 Å². The molecule has 1 heterocycles. The number of halogens is 1. The van der Waals surface area contributed by atoms with Gasteiger partial charge in [0.05, 0.1) is 23.4 Å². The summed E-state index contributed by atoms with van der Waals surface area (Å²) < 4.78 is 0. The van der Waals surface area contributed by atoms with E-state index in [-0.39, 0.29) is 17.9 Å². The molecule has 0 bridgehead atoms. The fourth-order valence-corrected chi connectivity index (χ4v) is 3.86. The van der Waals surface area contributed by atoms with Gasteiger partial charge in [-0.1, -0.05) is 11.6 Å². The molecule has 0 amide bonds. The fraction of sp³-hybridized carbons (Fsp3) is 0.462. The van der Waals surface area contributed by atoms with E-state index in [1.165, 1.54) is 0 Å². The maximum Gasteiger partial charge on any atom is 0.0969 e. The highest BCUT2D eigenvalue weighted by Gasteiger charge is 2.68. The van der Waals surface area contributed by atoms with Crippen LogP contribution in [0.4, 0.5) is 0 Å². The lowest BCUT2D eigenvalue weighted by molar-refractivity contribution is 0.0664. The van der Waals surface area contributed by atoms with E-state index >= 15 is 0 Å². The van der Waals surface area contributed by atoms with E-state index in [0.29, 0.717) is 17.9 Å². The van der Waals surface area contributed by atoms with Crippen LogP contribution in [0.25, 0.3) is 10.9 Å². The summed E-state index contributed by atoms with van der Waals surface area (Å²) in [5, 5.41) is 28.8. The zero-order valence-electron chi connectivity index (χ0n) is 9.60. The number of aromatic nitrogens is 2. The van der Waals surface area contributed by atoms with Crippen LogP contribution in [-0.4, -0.2) is 26.5 Å². The first-order valence-electron chi connectivity index (χ1n) is 6.14. The highest BCUT2D eigenvalue weighted by Crippen LogP contribution is 2.67. The summed E-state index contributed by atoms with van der Waals surface area (Å²) in [7, 11) is 0. The minimum atomic E-state index is -0.827. The Morgan fingerprint density at radius 3 is 2.78 bits per heavy atom. The first-order valence-corrected chi connectivity index (χ1v) is 6.52. The minimum Gasteiger partial charge on any atom is -0.393 e. The molecule has 2 fully saturated rings. The van der Waals surface area contributed by atoms with Crippen molar-refractivity contribution in [2.45, 2.75) is 24.5 Å². The third-order valence-electron chi connectivity index (χ3n) is 4.51. The van der Waals surface area contributed by atoms with Crippen molar-refractivity contribution in [3.8, 4) is 0 Å². The lowest BCUT2D eigenvalue weighted by atomic mass is 9.95. The Labute approximate surface area is 109 Å². The number of benzene rings is 1. The molecule has 18 heavy (non-hydrogen) atoms. The molecule has 4 rings (SSSR count). The van der Waals surface area contributed by atoms with Crippen LogP contribution in [0, 0.1) is 11.8 Å². The smallest absolute Gasteiger partial charge is 0.0969 e. The predicted octanol–water partition coefficient (Wildman–Crippen LogP) is 1.80. The standard InChI is InChI=1S/C13H13ClN2O2/c14-6-1-9(8-5-15-16-12(8)2-6)13(18)10-3-7(17)4-11(10)13/h1-2,5,7,10-11,17-18H,3-4H2,(H,15,16)/t7?,10-,11+,13+. The molecule has 2 saturated carbocycles. The molecule has 2 aliphatic rings. The lowest BCUT2D eigenvalue weighted by Gasteiger charge is -2.18. The third kappa shape index (κ3) is 1.20. The highest BCUT2D eigenvalue weighted by molar-refractivity contribution is 6.31. The van der Waals surface area contributed by atoms with Gasteiger partial charge in [0.2, 0.25) is 0 Å². The topological polar surface area (TPSA) is 69.1 Å². The second-order valence-electron chi connectivity index (χ2n) is 5.45. The average molecular weight is 265 g/mol. The largest absolute Gasteiger partial charge is 0.393 e. The molecule has 1 aromatic carbocycles. The third-order valence-corrected chi connectivity index (χ3v) is 4.73. The molecule has 3 N–H and O–H groups in total. The van der Waals surface area contributed by atoms with Crippen LogP contribution < -0.4 is 0 Å². The maximum atomic E-state index is 10.8. The Balaban J connectivity index is 1.87. The molecule has 94 valence electrons.